The predicted octanol–water partition coefficient (Wildman–Crippen LogP) is 3.68. The van der Waals surface area contributed by atoms with E-state index in [4.69, 9.17) is 5.73 Å². The molecule has 1 atom stereocenters. The van der Waals surface area contributed by atoms with E-state index in [0.29, 0.717) is 0 Å². The Labute approximate surface area is 126 Å². The van der Waals surface area contributed by atoms with Crippen LogP contribution in [0.2, 0.25) is 0 Å². The summed E-state index contributed by atoms with van der Waals surface area (Å²) in [6, 6.07) is 17.9. The second kappa shape index (κ2) is 5.61. The van der Waals surface area contributed by atoms with Crippen molar-refractivity contribution in [1.29, 1.82) is 0 Å². The quantitative estimate of drug-likeness (QED) is 0.797. The van der Waals surface area contributed by atoms with Crippen LogP contribution in [0.25, 0.3) is 5.69 Å². The van der Waals surface area contributed by atoms with E-state index in [1.165, 1.54) is 0 Å². The van der Waals surface area contributed by atoms with Gasteiger partial charge in [-0.25, -0.2) is 4.98 Å². The van der Waals surface area contributed by atoms with Crippen molar-refractivity contribution in [2.45, 2.75) is 6.04 Å². The molecule has 1 unspecified atom stereocenters. The fraction of sp³-hybridized carbons (Fsp3) is 0.0625. The molecule has 4 heteroatoms. The molecule has 20 heavy (non-hydrogen) atoms. The van der Waals surface area contributed by atoms with E-state index in [1.54, 1.807) is 6.33 Å². The van der Waals surface area contributed by atoms with Crippen LogP contribution < -0.4 is 5.73 Å². The first-order valence-corrected chi connectivity index (χ1v) is 7.14. The number of nitrogens with zero attached hydrogens (tertiary/aromatic N) is 2. The first-order valence-electron chi connectivity index (χ1n) is 6.34. The van der Waals surface area contributed by atoms with Crippen molar-refractivity contribution >= 4 is 15.9 Å². The second-order valence-electron chi connectivity index (χ2n) is 4.56. The van der Waals surface area contributed by atoms with Gasteiger partial charge in [0.15, 0.2) is 0 Å². The maximum atomic E-state index is 6.36. The molecule has 0 saturated heterocycles. The Morgan fingerprint density at radius 2 is 1.85 bits per heavy atom. The lowest BCUT2D eigenvalue weighted by Gasteiger charge is -2.15. The lowest BCUT2D eigenvalue weighted by atomic mass is 10.1. The van der Waals surface area contributed by atoms with Gasteiger partial charge in [0.2, 0.25) is 0 Å². The third-order valence-electron chi connectivity index (χ3n) is 3.23. The molecule has 3 aromatic rings. The fourth-order valence-corrected chi connectivity index (χ4v) is 2.60. The van der Waals surface area contributed by atoms with Gasteiger partial charge in [-0.15, -0.1) is 0 Å². The highest BCUT2D eigenvalue weighted by molar-refractivity contribution is 9.10. The summed E-state index contributed by atoms with van der Waals surface area (Å²) in [5, 5.41) is 0. The molecule has 0 aliphatic heterocycles. The minimum atomic E-state index is -0.197. The Bertz CT molecular complexity index is 707. The Hall–Kier alpha value is -1.91. The van der Waals surface area contributed by atoms with E-state index in [9.17, 15) is 0 Å². The van der Waals surface area contributed by atoms with Gasteiger partial charge in [-0.3, -0.25) is 0 Å². The number of aromatic nitrogens is 2. The van der Waals surface area contributed by atoms with E-state index in [0.717, 1.165) is 21.4 Å². The molecular formula is C16H14BrN3. The van der Waals surface area contributed by atoms with Gasteiger partial charge in [-0.2, -0.15) is 0 Å². The largest absolute Gasteiger partial charge is 0.319 e. The molecule has 0 saturated carbocycles. The predicted molar refractivity (Wildman–Crippen MR) is 83.7 cm³/mol. The van der Waals surface area contributed by atoms with Gasteiger partial charge in [0.05, 0.1) is 24.3 Å². The standard InChI is InChI=1S/C16H14BrN3/c17-13-7-4-8-14(9-13)20-11-19-10-15(20)16(18)12-5-2-1-3-6-12/h1-11,16H,18H2. The zero-order valence-electron chi connectivity index (χ0n) is 10.8. The summed E-state index contributed by atoms with van der Waals surface area (Å²) < 4.78 is 3.05. The van der Waals surface area contributed by atoms with Crippen LogP contribution >= 0.6 is 15.9 Å². The van der Waals surface area contributed by atoms with E-state index in [-0.39, 0.29) is 6.04 Å². The van der Waals surface area contributed by atoms with Crippen LogP contribution in [-0.4, -0.2) is 9.55 Å². The third-order valence-corrected chi connectivity index (χ3v) is 3.72. The molecule has 2 N–H and O–H groups in total. The summed E-state index contributed by atoms with van der Waals surface area (Å²) in [4.78, 5) is 4.24. The molecule has 3 rings (SSSR count). The molecule has 0 spiro atoms. The van der Waals surface area contributed by atoms with Crippen molar-refractivity contribution < 1.29 is 0 Å². The molecule has 0 fully saturated rings. The van der Waals surface area contributed by atoms with Gasteiger partial charge in [0.25, 0.3) is 0 Å². The van der Waals surface area contributed by atoms with Crippen LogP contribution in [0.5, 0.6) is 0 Å². The zero-order valence-corrected chi connectivity index (χ0v) is 12.4. The van der Waals surface area contributed by atoms with Gasteiger partial charge >= 0.3 is 0 Å². The number of halogens is 1. The lowest BCUT2D eigenvalue weighted by Crippen LogP contribution is -2.15. The van der Waals surface area contributed by atoms with Gasteiger partial charge in [0, 0.05) is 10.2 Å². The van der Waals surface area contributed by atoms with Crippen LogP contribution in [0.3, 0.4) is 0 Å². The van der Waals surface area contributed by atoms with Crippen molar-refractivity contribution in [3.05, 3.63) is 82.9 Å². The summed E-state index contributed by atoms with van der Waals surface area (Å²) in [5.74, 6) is 0. The minimum Gasteiger partial charge on any atom is -0.319 e. The maximum absolute atomic E-state index is 6.36. The summed E-state index contributed by atoms with van der Waals surface area (Å²) >= 11 is 3.49. The highest BCUT2D eigenvalue weighted by Gasteiger charge is 2.14. The molecule has 0 amide bonds. The lowest BCUT2D eigenvalue weighted by molar-refractivity contribution is 0.793. The van der Waals surface area contributed by atoms with E-state index in [2.05, 4.69) is 20.9 Å². The van der Waals surface area contributed by atoms with Crippen LogP contribution in [0.15, 0.2) is 71.6 Å². The molecule has 100 valence electrons. The molecule has 0 aliphatic rings. The van der Waals surface area contributed by atoms with Crippen molar-refractivity contribution in [3.63, 3.8) is 0 Å². The molecule has 3 nitrogen and oxygen atoms in total. The summed E-state index contributed by atoms with van der Waals surface area (Å²) in [6.45, 7) is 0. The number of imidazole rings is 1. The second-order valence-corrected chi connectivity index (χ2v) is 5.47. The number of benzene rings is 2. The van der Waals surface area contributed by atoms with E-state index in [1.807, 2.05) is 65.4 Å². The molecule has 1 aromatic heterocycles. The Balaban J connectivity index is 2.03. The number of rotatable bonds is 3. The first kappa shape index (κ1) is 13.1. The molecule has 0 bridgehead atoms. The average Bonchev–Trinajstić information content (AvgIpc) is 2.97. The van der Waals surface area contributed by atoms with Crippen LogP contribution in [0.4, 0.5) is 0 Å². The maximum Gasteiger partial charge on any atom is 0.0994 e. The average molecular weight is 328 g/mol. The summed E-state index contributed by atoms with van der Waals surface area (Å²) in [7, 11) is 0. The van der Waals surface area contributed by atoms with E-state index >= 15 is 0 Å². The SMILES string of the molecule is NC(c1ccccc1)c1cncn1-c1cccc(Br)c1. The number of hydrogen-bond donors (Lipinski definition) is 1. The summed E-state index contributed by atoms with van der Waals surface area (Å²) in [6.07, 6.45) is 3.61. The fourth-order valence-electron chi connectivity index (χ4n) is 2.21. The van der Waals surface area contributed by atoms with Gasteiger partial charge in [-0.1, -0.05) is 52.3 Å². The highest BCUT2D eigenvalue weighted by atomic mass is 79.9. The normalized spacial score (nSPS) is 12.3. The van der Waals surface area contributed by atoms with Crippen molar-refractivity contribution in [1.82, 2.24) is 9.55 Å². The molecule has 2 aromatic carbocycles. The zero-order chi connectivity index (χ0) is 13.9. The molecule has 1 heterocycles. The van der Waals surface area contributed by atoms with Crippen LogP contribution in [-0.2, 0) is 0 Å². The topological polar surface area (TPSA) is 43.8 Å². The van der Waals surface area contributed by atoms with Crippen molar-refractivity contribution in [2.75, 3.05) is 0 Å². The van der Waals surface area contributed by atoms with Crippen molar-refractivity contribution in [3.8, 4) is 5.69 Å². The third kappa shape index (κ3) is 2.53. The minimum absolute atomic E-state index is 0.197. The van der Waals surface area contributed by atoms with Crippen LogP contribution in [0.1, 0.15) is 17.3 Å². The Kier molecular flexibility index (Phi) is 3.67. The molecular weight excluding hydrogens is 314 g/mol. The van der Waals surface area contributed by atoms with Crippen molar-refractivity contribution in [2.24, 2.45) is 5.73 Å². The summed E-state index contributed by atoms with van der Waals surface area (Å²) in [5.41, 5.74) is 9.44. The molecule has 0 radical (unpaired) electrons. The number of hydrogen-bond acceptors (Lipinski definition) is 2. The van der Waals surface area contributed by atoms with Gasteiger partial charge in [-0.05, 0) is 23.8 Å². The monoisotopic (exact) mass is 327 g/mol. The van der Waals surface area contributed by atoms with Gasteiger partial charge in [0.1, 0.15) is 0 Å². The Morgan fingerprint density at radius 3 is 2.60 bits per heavy atom. The smallest absolute Gasteiger partial charge is 0.0994 e. The highest BCUT2D eigenvalue weighted by Crippen LogP contribution is 2.23. The van der Waals surface area contributed by atoms with Gasteiger partial charge < -0.3 is 10.3 Å². The number of nitrogens with two attached hydrogens (primary N) is 1. The van der Waals surface area contributed by atoms with Crippen LogP contribution in [0, 0.1) is 0 Å². The first-order chi connectivity index (χ1) is 9.75. The Morgan fingerprint density at radius 1 is 1.05 bits per heavy atom. The molecule has 0 aliphatic carbocycles. The van der Waals surface area contributed by atoms with E-state index < -0.39 is 0 Å².